The van der Waals surface area contributed by atoms with Crippen LogP contribution in [0.3, 0.4) is 0 Å². The summed E-state index contributed by atoms with van der Waals surface area (Å²) in [6.07, 6.45) is 0. The van der Waals surface area contributed by atoms with Gasteiger partial charge in [-0.1, -0.05) is 0 Å². The van der Waals surface area contributed by atoms with Crippen molar-refractivity contribution >= 4 is 16.9 Å². The molecule has 0 atom stereocenters. The molecule has 1 amide bonds. The molecule has 2 N–H and O–H groups in total. The predicted octanol–water partition coefficient (Wildman–Crippen LogP) is 1.85. The van der Waals surface area contributed by atoms with Crippen molar-refractivity contribution in [1.82, 2.24) is 10.6 Å². The third-order valence-corrected chi connectivity index (χ3v) is 3.17. The van der Waals surface area contributed by atoms with Gasteiger partial charge in [-0.15, -0.1) is 0 Å². The number of halogens is 1. The van der Waals surface area contributed by atoms with Gasteiger partial charge in [-0.05, 0) is 25.1 Å². The summed E-state index contributed by atoms with van der Waals surface area (Å²) < 4.78 is 23.6. The topological polar surface area (TPSA) is 63.5 Å². The first kappa shape index (κ1) is 15.5. The number of carbonyl (C=O) groups excluding carboxylic acids is 1. The van der Waals surface area contributed by atoms with Gasteiger partial charge in [-0.25, -0.2) is 4.39 Å². The third kappa shape index (κ3) is 3.80. The molecular formula is C15H19FN2O3. The molecule has 0 aliphatic rings. The number of rotatable bonds is 7. The molecule has 0 radical (unpaired) electrons. The first-order valence-corrected chi connectivity index (χ1v) is 6.80. The molecule has 114 valence electrons. The van der Waals surface area contributed by atoms with Gasteiger partial charge in [-0.3, -0.25) is 4.79 Å². The first-order valence-electron chi connectivity index (χ1n) is 6.80. The normalized spacial score (nSPS) is 11.0. The van der Waals surface area contributed by atoms with Gasteiger partial charge in [-0.2, -0.15) is 0 Å². The van der Waals surface area contributed by atoms with E-state index in [1.54, 1.807) is 14.0 Å². The molecule has 0 bridgehead atoms. The highest BCUT2D eigenvalue weighted by Crippen LogP contribution is 2.25. The van der Waals surface area contributed by atoms with E-state index in [1.807, 2.05) is 0 Å². The molecule has 5 nitrogen and oxygen atoms in total. The molecule has 0 fully saturated rings. The fourth-order valence-electron chi connectivity index (χ4n) is 2.05. The molecule has 0 spiro atoms. The minimum atomic E-state index is -0.347. The number of ether oxygens (including phenoxy) is 1. The Morgan fingerprint density at radius 3 is 2.90 bits per heavy atom. The minimum Gasteiger partial charge on any atom is -0.451 e. The van der Waals surface area contributed by atoms with Crippen LogP contribution in [0, 0.1) is 12.7 Å². The molecule has 0 unspecified atom stereocenters. The maximum absolute atomic E-state index is 13.2. The summed E-state index contributed by atoms with van der Waals surface area (Å²) in [6.45, 7) is 4.23. The van der Waals surface area contributed by atoms with Crippen molar-refractivity contribution in [2.75, 3.05) is 33.4 Å². The van der Waals surface area contributed by atoms with E-state index in [-0.39, 0.29) is 17.5 Å². The maximum Gasteiger partial charge on any atom is 0.287 e. The molecule has 0 aliphatic heterocycles. The van der Waals surface area contributed by atoms with Gasteiger partial charge in [0, 0.05) is 37.7 Å². The highest BCUT2D eigenvalue weighted by atomic mass is 19.1. The Bertz CT molecular complexity index is 625. The molecule has 0 aliphatic carbocycles. The summed E-state index contributed by atoms with van der Waals surface area (Å²) in [5.41, 5.74) is 1.16. The molecule has 0 saturated heterocycles. The number of hydrogen-bond donors (Lipinski definition) is 2. The Kier molecular flexibility index (Phi) is 5.30. The van der Waals surface area contributed by atoms with Crippen LogP contribution in [0.25, 0.3) is 11.0 Å². The van der Waals surface area contributed by atoms with Crippen molar-refractivity contribution in [2.45, 2.75) is 6.92 Å². The third-order valence-electron chi connectivity index (χ3n) is 3.17. The fourth-order valence-corrected chi connectivity index (χ4v) is 2.05. The Hall–Kier alpha value is -1.92. The molecule has 1 aromatic heterocycles. The van der Waals surface area contributed by atoms with Gasteiger partial charge in [0.05, 0.1) is 6.61 Å². The summed E-state index contributed by atoms with van der Waals surface area (Å²) in [5, 5.41) is 6.51. The molecule has 21 heavy (non-hydrogen) atoms. The molecule has 6 heteroatoms. The Morgan fingerprint density at radius 2 is 2.14 bits per heavy atom. The quantitative estimate of drug-likeness (QED) is 0.765. The molecule has 2 aromatic rings. The Balaban J connectivity index is 1.95. The van der Waals surface area contributed by atoms with Gasteiger partial charge in [0.1, 0.15) is 11.4 Å². The van der Waals surface area contributed by atoms with Gasteiger partial charge >= 0.3 is 0 Å². The highest BCUT2D eigenvalue weighted by Gasteiger charge is 2.17. The summed E-state index contributed by atoms with van der Waals surface area (Å²) in [5.74, 6) is -0.411. The molecule has 1 heterocycles. The largest absolute Gasteiger partial charge is 0.451 e. The zero-order chi connectivity index (χ0) is 15.2. The highest BCUT2D eigenvalue weighted by molar-refractivity contribution is 5.98. The van der Waals surface area contributed by atoms with Crippen molar-refractivity contribution in [2.24, 2.45) is 0 Å². The number of benzene rings is 1. The van der Waals surface area contributed by atoms with Crippen LogP contribution >= 0.6 is 0 Å². The molecule has 2 rings (SSSR count). The van der Waals surface area contributed by atoms with Crippen molar-refractivity contribution in [3.05, 3.63) is 35.3 Å². The summed E-state index contributed by atoms with van der Waals surface area (Å²) >= 11 is 0. The minimum absolute atomic E-state index is 0.229. The van der Waals surface area contributed by atoms with Crippen molar-refractivity contribution < 1.29 is 18.3 Å². The summed E-state index contributed by atoms with van der Waals surface area (Å²) in [6, 6.07) is 4.21. The SMILES string of the molecule is COCCNCCNC(=O)c1oc2ccc(F)cc2c1C. The number of fused-ring (bicyclic) bond motifs is 1. The van der Waals surface area contributed by atoms with Gasteiger partial charge in [0.25, 0.3) is 5.91 Å². The van der Waals surface area contributed by atoms with Crippen LogP contribution in [0.4, 0.5) is 4.39 Å². The van der Waals surface area contributed by atoms with E-state index >= 15 is 0 Å². The van der Waals surface area contributed by atoms with Gasteiger partial charge < -0.3 is 19.8 Å². The van der Waals surface area contributed by atoms with Crippen molar-refractivity contribution in [3.63, 3.8) is 0 Å². The van der Waals surface area contributed by atoms with E-state index in [9.17, 15) is 9.18 Å². The lowest BCUT2D eigenvalue weighted by atomic mass is 10.1. The van der Waals surface area contributed by atoms with E-state index in [4.69, 9.17) is 9.15 Å². The number of amides is 1. The van der Waals surface area contributed by atoms with Crippen LogP contribution in [0.5, 0.6) is 0 Å². The first-order chi connectivity index (χ1) is 10.1. The van der Waals surface area contributed by atoms with E-state index in [0.29, 0.717) is 36.2 Å². The Labute approximate surface area is 122 Å². The smallest absolute Gasteiger partial charge is 0.287 e. The van der Waals surface area contributed by atoms with E-state index < -0.39 is 0 Å². The monoisotopic (exact) mass is 294 g/mol. The molecular weight excluding hydrogens is 275 g/mol. The van der Waals surface area contributed by atoms with Crippen molar-refractivity contribution in [3.8, 4) is 0 Å². The van der Waals surface area contributed by atoms with E-state index in [0.717, 1.165) is 6.54 Å². The number of nitrogens with one attached hydrogen (secondary N) is 2. The second-order valence-corrected chi connectivity index (χ2v) is 4.70. The number of carbonyl (C=O) groups is 1. The van der Waals surface area contributed by atoms with Gasteiger partial charge in [0.2, 0.25) is 0 Å². The van der Waals surface area contributed by atoms with Crippen LogP contribution < -0.4 is 10.6 Å². The number of aryl methyl sites for hydroxylation is 1. The average molecular weight is 294 g/mol. The van der Waals surface area contributed by atoms with Gasteiger partial charge in [0.15, 0.2) is 5.76 Å². The zero-order valence-electron chi connectivity index (χ0n) is 12.2. The second kappa shape index (κ2) is 7.19. The van der Waals surface area contributed by atoms with Crippen LogP contribution in [-0.2, 0) is 4.74 Å². The summed E-state index contributed by atoms with van der Waals surface area (Å²) in [4.78, 5) is 12.1. The lowest BCUT2D eigenvalue weighted by molar-refractivity contribution is 0.0927. The van der Waals surface area contributed by atoms with Crippen LogP contribution in [0.15, 0.2) is 22.6 Å². The molecule has 1 aromatic carbocycles. The fraction of sp³-hybridized carbons (Fsp3) is 0.400. The second-order valence-electron chi connectivity index (χ2n) is 4.70. The van der Waals surface area contributed by atoms with Crippen LogP contribution in [0.1, 0.15) is 16.1 Å². The maximum atomic E-state index is 13.2. The van der Waals surface area contributed by atoms with E-state index in [1.165, 1.54) is 18.2 Å². The zero-order valence-corrected chi connectivity index (χ0v) is 12.2. The van der Waals surface area contributed by atoms with Crippen LogP contribution in [0.2, 0.25) is 0 Å². The predicted molar refractivity (Wildman–Crippen MR) is 78.0 cm³/mol. The average Bonchev–Trinajstić information content (AvgIpc) is 2.79. The lowest BCUT2D eigenvalue weighted by Crippen LogP contribution is -2.33. The number of methoxy groups -OCH3 is 1. The molecule has 0 saturated carbocycles. The number of furan rings is 1. The van der Waals surface area contributed by atoms with E-state index in [2.05, 4.69) is 10.6 Å². The standard InChI is InChI=1S/C15H19FN2O3/c1-10-12-9-11(16)3-4-13(12)21-14(10)15(19)18-6-5-17-7-8-20-2/h3-4,9,17H,5-8H2,1-2H3,(H,18,19). The lowest BCUT2D eigenvalue weighted by Gasteiger charge is -2.05. The van der Waals surface area contributed by atoms with Crippen molar-refractivity contribution in [1.29, 1.82) is 0 Å². The van der Waals surface area contributed by atoms with Crippen LogP contribution in [-0.4, -0.2) is 39.3 Å². The summed E-state index contributed by atoms with van der Waals surface area (Å²) in [7, 11) is 1.64. The Morgan fingerprint density at radius 1 is 1.33 bits per heavy atom. The number of hydrogen-bond acceptors (Lipinski definition) is 4.